The Hall–Kier alpha value is -0.530. The first-order chi connectivity index (χ1) is 5.04. The lowest BCUT2D eigenvalue weighted by Gasteiger charge is -2.20. The molecular weight excluding hydrogens is 140 g/mol. The molecule has 0 aliphatic rings. The number of rotatable bonds is 4. The minimum absolute atomic E-state index is 0.137. The summed E-state index contributed by atoms with van der Waals surface area (Å²) in [7, 11) is 0. The molecule has 0 rings (SSSR count). The Bertz CT molecular complexity index is 128. The largest absolute Gasteiger partial charge is 0.458 e. The summed E-state index contributed by atoms with van der Waals surface area (Å²) in [6.45, 7) is 9.01. The Balaban J connectivity index is 3.94. The molecule has 0 unspecified atom stereocenters. The van der Waals surface area contributed by atoms with Crippen LogP contribution in [0.2, 0.25) is 0 Å². The Labute approximate surface area is 68.9 Å². The van der Waals surface area contributed by atoms with E-state index in [0.29, 0.717) is 0 Å². The van der Waals surface area contributed by atoms with E-state index in [1.165, 1.54) is 6.61 Å². The molecule has 0 aromatic carbocycles. The van der Waals surface area contributed by atoms with Gasteiger partial charge in [0.2, 0.25) is 0 Å². The second-order valence-corrected chi connectivity index (χ2v) is 3.27. The fourth-order valence-corrected chi connectivity index (χ4v) is 0.994. The average Bonchev–Trinajstić information content (AvgIpc) is 1.88. The van der Waals surface area contributed by atoms with Crippen molar-refractivity contribution >= 4 is 5.97 Å². The lowest BCUT2D eigenvalue weighted by atomic mass is 9.88. The number of carbonyl (C=O) groups excluding carboxylic acids is 1. The molecule has 11 heavy (non-hydrogen) atoms. The predicted molar refractivity (Wildman–Crippen MR) is 44.8 cm³/mol. The van der Waals surface area contributed by atoms with E-state index in [1.807, 2.05) is 13.8 Å². The second-order valence-electron chi connectivity index (χ2n) is 3.27. The van der Waals surface area contributed by atoms with Gasteiger partial charge in [-0.05, 0) is 27.2 Å². The molecule has 2 nitrogen and oxygen atoms in total. The van der Waals surface area contributed by atoms with Crippen LogP contribution in [0, 0.1) is 12.0 Å². The zero-order chi connectivity index (χ0) is 8.91. The Morgan fingerprint density at radius 3 is 2.45 bits per heavy atom. The highest BCUT2D eigenvalue weighted by atomic mass is 16.5. The third-order valence-corrected chi connectivity index (χ3v) is 1.65. The molecule has 65 valence electrons. The third-order valence-electron chi connectivity index (χ3n) is 1.65. The fraction of sp³-hybridized carbons (Fsp3) is 0.778. The second kappa shape index (κ2) is 4.37. The normalized spacial score (nSPS) is 11.3. The number of hydrogen-bond acceptors (Lipinski definition) is 2. The Morgan fingerprint density at radius 1 is 1.55 bits per heavy atom. The molecule has 0 saturated carbocycles. The summed E-state index contributed by atoms with van der Waals surface area (Å²) in [6.07, 6.45) is 1.88. The molecule has 0 fully saturated rings. The summed E-state index contributed by atoms with van der Waals surface area (Å²) in [5, 5.41) is 0. The van der Waals surface area contributed by atoms with E-state index in [2.05, 4.69) is 6.92 Å². The van der Waals surface area contributed by atoms with Crippen LogP contribution in [0.15, 0.2) is 0 Å². The van der Waals surface area contributed by atoms with Gasteiger partial charge in [0.1, 0.15) is 6.61 Å². The minimum Gasteiger partial charge on any atom is -0.458 e. The van der Waals surface area contributed by atoms with Crippen molar-refractivity contribution in [3.8, 4) is 0 Å². The summed E-state index contributed by atoms with van der Waals surface area (Å²) >= 11 is 0. The molecule has 0 atom stereocenters. The molecule has 0 N–H and O–H groups in total. The summed E-state index contributed by atoms with van der Waals surface area (Å²) in [5.41, 5.74) is -0.332. The van der Waals surface area contributed by atoms with Crippen molar-refractivity contribution < 1.29 is 9.53 Å². The topological polar surface area (TPSA) is 26.3 Å². The van der Waals surface area contributed by atoms with Crippen LogP contribution in [0.4, 0.5) is 0 Å². The Kier molecular flexibility index (Phi) is 4.16. The van der Waals surface area contributed by atoms with Gasteiger partial charge in [0.15, 0.2) is 0 Å². The zero-order valence-corrected chi connectivity index (χ0v) is 7.81. The maximum atomic E-state index is 11.2. The van der Waals surface area contributed by atoms with E-state index >= 15 is 0 Å². The van der Waals surface area contributed by atoms with Crippen LogP contribution in [0.25, 0.3) is 0 Å². The van der Waals surface area contributed by atoms with E-state index in [0.717, 1.165) is 12.8 Å². The maximum Gasteiger partial charge on any atom is 0.311 e. The highest BCUT2D eigenvalue weighted by molar-refractivity contribution is 5.76. The number of ether oxygens (including phenoxy) is 1. The Morgan fingerprint density at radius 2 is 2.09 bits per heavy atom. The zero-order valence-electron chi connectivity index (χ0n) is 7.81. The fourth-order valence-electron chi connectivity index (χ4n) is 0.994. The standard InChI is InChI=1S/C9H17O2/c1-5-7-9(3,4)8(10)11-6-2/h6H,5,7H2,1-4H3. The van der Waals surface area contributed by atoms with Crippen LogP contribution in [0.3, 0.4) is 0 Å². The maximum absolute atomic E-state index is 11.2. The summed E-state index contributed by atoms with van der Waals surface area (Å²) < 4.78 is 4.80. The molecule has 0 aromatic heterocycles. The van der Waals surface area contributed by atoms with Gasteiger partial charge in [-0.25, -0.2) is 0 Å². The highest BCUT2D eigenvalue weighted by Gasteiger charge is 2.27. The van der Waals surface area contributed by atoms with E-state index in [4.69, 9.17) is 4.74 Å². The van der Waals surface area contributed by atoms with Crippen LogP contribution in [-0.4, -0.2) is 5.97 Å². The minimum atomic E-state index is -0.332. The molecule has 0 heterocycles. The van der Waals surface area contributed by atoms with Gasteiger partial charge in [0.25, 0.3) is 0 Å². The van der Waals surface area contributed by atoms with Crippen molar-refractivity contribution in [3.05, 3.63) is 6.61 Å². The number of carbonyl (C=O) groups is 1. The molecule has 0 bridgehead atoms. The molecule has 0 aliphatic heterocycles. The number of esters is 1. The lowest BCUT2D eigenvalue weighted by molar-refractivity contribution is -0.150. The molecule has 0 aromatic rings. The van der Waals surface area contributed by atoms with Gasteiger partial charge in [0.05, 0.1) is 5.41 Å². The van der Waals surface area contributed by atoms with E-state index in [-0.39, 0.29) is 11.4 Å². The predicted octanol–water partition coefficient (Wildman–Crippen LogP) is 2.54. The molecule has 1 radical (unpaired) electrons. The first-order valence-corrected chi connectivity index (χ1v) is 4.03. The van der Waals surface area contributed by atoms with Crippen LogP contribution in [0.1, 0.15) is 40.5 Å². The van der Waals surface area contributed by atoms with Crippen LogP contribution < -0.4 is 0 Å². The van der Waals surface area contributed by atoms with Crippen molar-refractivity contribution in [1.29, 1.82) is 0 Å². The van der Waals surface area contributed by atoms with Crippen LogP contribution in [0.5, 0.6) is 0 Å². The van der Waals surface area contributed by atoms with Gasteiger partial charge in [-0.1, -0.05) is 13.3 Å². The van der Waals surface area contributed by atoms with Crippen LogP contribution >= 0.6 is 0 Å². The van der Waals surface area contributed by atoms with Crippen molar-refractivity contribution in [2.24, 2.45) is 5.41 Å². The molecule has 0 spiro atoms. The van der Waals surface area contributed by atoms with Crippen LogP contribution in [-0.2, 0) is 9.53 Å². The molecular formula is C9H17O2. The highest BCUT2D eigenvalue weighted by Crippen LogP contribution is 2.23. The van der Waals surface area contributed by atoms with Crippen molar-refractivity contribution in [2.45, 2.75) is 40.5 Å². The average molecular weight is 157 g/mol. The van der Waals surface area contributed by atoms with Crippen molar-refractivity contribution in [2.75, 3.05) is 0 Å². The van der Waals surface area contributed by atoms with E-state index < -0.39 is 0 Å². The SMILES string of the molecule is C[CH]OC(=O)C(C)(C)CCC. The van der Waals surface area contributed by atoms with Gasteiger partial charge in [-0.3, -0.25) is 4.79 Å². The van der Waals surface area contributed by atoms with E-state index in [1.54, 1.807) is 6.92 Å². The summed E-state index contributed by atoms with van der Waals surface area (Å²) in [6, 6.07) is 0. The molecule has 0 saturated heterocycles. The molecule has 0 amide bonds. The smallest absolute Gasteiger partial charge is 0.311 e. The van der Waals surface area contributed by atoms with Gasteiger partial charge in [-0.15, -0.1) is 0 Å². The van der Waals surface area contributed by atoms with Gasteiger partial charge >= 0.3 is 5.97 Å². The van der Waals surface area contributed by atoms with Gasteiger partial charge < -0.3 is 4.74 Å². The summed E-state index contributed by atoms with van der Waals surface area (Å²) in [4.78, 5) is 11.2. The summed E-state index contributed by atoms with van der Waals surface area (Å²) in [5.74, 6) is -0.137. The lowest BCUT2D eigenvalue weighted by Crippen LogP contribution is -2.25. The first-order valence-electron chi connectivity index (χ1n) is 4.03. The first kappa shape index (κ1) is 10.5. The van der Waals surface area contributed by atoms with Gasteiger partial charge in [0, 0.05) is 0 Å². The van der Waals surface area contributed by atoms with Crippen molar-refractivity contribution in [1.82, 2.24) is 0 Å². The van der Waals surface area contributed by atoms with E-state index in [9.17, 15) is 4.79 Å². The quantitative estimate of drug-likeness (QED) is 0.586. The third kappa shape index (κ3) is 3.40. The molecule has 2 heteroatoms. The molecule has 0 aliphatic carbocycles. The van der Waals surface area contributed by atoms with Crippen molar-refractivity contribution in [3.63, 3.8) is 0 Å². The number of hydrogen-bond donors (Lipinski definition) is 0. The monoisotopic (exact) mass is 157 g/mol. The van der Waals surface area contributed by atoms with Gasteiger partial charge in [-0.2, -0.15) is 0 Å².